The van der Waals surface area contributed by atoms with Gasteiger partial charge in [0.2, 0.25) is 0 Å². The number of aliphatic hydroxyl groups is 1. The Labute approximate surface area is 81.1 Å². The van der Waals surface area contributed by atoms with Gasteiger partial charge in [-0.2, -0.15) is 0 Å². The molecule has 76 valence electrons. The Hall–Kier alpha value is -1.59. The number of aliphatic hydroxyl groups excluding tert-OH is 1. The van der Waals surface area contributed by atoms with Gasteiger partial charge in [-0.15, -0.1) is 0 Å². The van der Waals surface area contributed by atoms with Crippen LogP contribution < -0.4 is 11.3 Å². The monoisotopic (exact) mass is 196 g/mol. The van der Waals surface area contributed by atoms with Crippen molar-refractivity contribution in [1.82, 2.24) is 0 Å². The zero-order valence-corrected chi connectivity index (χ0v) is 7.53. The maximum absolute atomic E-state index is 10.5. The largest absolute Gasteiger partial charge is 0.481 e. The Morgan fingerprint density at radius 2 is 2.14 bits per heavy atom. The Bertz CT molecular complexity index is 339. The zero-order chi connectivity index (χ0) is 10.6. The van der Waals surface area contributed by atoms with Gasteiger partial charge in [0, 0.05) is 5.69 Å². The van der Waals surface area contributed by atoms with Gasteiger partial charge in [-0.05, 0) is 23.3 Å². The van der Waals surface area contributed by atoms with Gasteiger partial charge in [-0.25, -0.2) is 0 Å². The molecule has 0 heterocycles. The fourth-order valence-corrected chi connectivity index (χ4v) is 1.20. The van der Waals surface area contributed by atoms with Crippen LogP contribution in [0.25, 0.3) is 0 Å². The van der Waals surface area contributed by atoms with Crippen LogP contribution in [0, 0.1) is 0 Å². The van der Waals surface area contributed by atoms with Crippen molar-refractivity contribution in [2.75, 3.05) is 5.43 Å². The highest BCUT2D eigenvalue weighted by molar-refractivity contribution is 5.71. The van der Waals surface area contributed by atoms with Crippen molar-refractivity contribution in [3.05, 3.63) is 29.3 Å². The van der Waals surface area contributed by atoms with Crippen molar-refractivity contribution in [3.8, 4) is 0 Å². The summed E-state index contributed by atoms with van der Waals surface area (Å²) in [6.45, 7) is -0.173. The van der Waals surface area contributed by atoms with E-state index in [9.17, 15) is 4.79 Å². The summed E-state index contributed by atoms with van der Waals surface area (Å²) in [5, 5.41) is 17.6. The van der Waals surface area contributed by atoms with Gasteiger partial charge in [-0.1, -0.05) is 6.07 Å². The predicted octanol–water partition coefficient (Wildman–Crippen LogP) is 0.0916. The van der Waals surface area contributed by atoms with E-state index in [2.05, 4.69) is 5.43 Å². The molecule has 1 rings (SSSR count). The molecular weight excluding hydrogens is 184 g/mol. The Morgan fingerprint density at radius 3 is 2.64 bits per heavy atom. The molecule has 14 heavy (non-hydrogen) atoms. The van der Waals surface area contributed by atoms with E-state index in [0.29, 0.717) is 16.8 Å². The first-order valence-corrected chi connectivity index (χ1v) is 4.08. The van der Waals surface area contributed by atoms with Crippen LogP contribution in [0.1, 0.15) is 11.1 Å². The summed E-state index contributed by atoms with van der Waals surface area (Å²) < 4.78 is 0. The Kier molecular flexibility index (Phi) is 3.44. The highest BCUT2D eigenvalue weighted by Crippen LogP contribution is 2.15. The van der Waals surface area contributed by atoms with Gasteiger partial charge in [-0.3, -0.25) is 10.6 Å². The SMILES string of the molecule is NNc1ccc(CO)c(CC(=O)O)c1. The molecule has 5 nitrogen and oxygen atoms in total. The second-order valence-electron chi connectivity index (χ2n) is 2.86. The molecule has 0 aromatic heterocycles. The van der Waals surface area contributed by atoms with Gasteiger partial charge >= 0.3 is 5.97 Å². The molecule has 0 spiro atoms. The first kappa shape index (κ1) is 10.5. The number of carboxylic acids is 1. The van der Waals surface area contributed by atoms with E-state index in [1.165, 1.54) is 0 Å². The van der Waals surface area contributed by atoms with Crippen LogP contribution in [0.3, 0.4) is 0 Å². The lowest BCUT2D eigenvalue weighted by atomic mass is 10.0. The summed E-state index contributed by atoms with van der Waals surface area (Å²) in [6.07, 6.45) is -0.120. The number of rotatable bonds is 4. The number of benzene rings is 1. The van der Waals surface area contributed by atoms with Crippen LogP contribution in [0.2, 0.25) is 0 Å². The topological polar surface area (TPSA) is 95.6 Å². The van der Waals surface area contributed by atoms with Gasteiger partial charge < -0.3 is 15.6 Å². The lowest BCUT2D eigenvalue weighted by molar-refractivity contribution is -0.136. The molecule has 0 amide bonds. The molecule has 0 bridgehead atoms. The standard InChI is InChI=1S/C9H12N2O3/c10-11-8-2-1-6(5-12)7(3-8)4-9(13)14/h1-3,11-12H,4-5,10H2,(H,13,14). The molecule has 0 unspecified atom stereocenters. The van der Waals surface area contributed by atoms with Crippen LogP contribution in [-0.2, 0) is 17.8 Å². The Morgan fingerprint density at radius 1 is 1.43 bits per heavy atom. The molecule has 0 aliphatic carbocycles. The number of carboxylic acid groups (broad SMARTS) is 1. The number of carbonyl (C=O) groups is 1. The van der Waals surface area contributed by atoms with Gasteiger partial charge in [0.25, 0.3) is 0 Å². The summed E-state index contributed by atoms with van der Waals surface area (Å²) in [6, 6.07) is 4.93. The predicted molar refractivity (Wildman–Crippen MR) is 51.5 cm³/mol. The molecule has 5 N–H and O–H groups in total. The molecule has 0 aliphatic heterocycles. The fraction of sp³-hybridized carbons (Fsp3) is 0.222. The average molecular weight is 196 g/mol. The summed E-state index contributed by atoms with van der Waals surface area (Å²) in [4.78, 5) is 10.5. The lowest BCUT2D eigenvalue weighted by Crippen LogP contribution is -2.09. The number of hydrogen-bond donors (Lipinski definition) is 4. The molecule has 1 aromatic rings. The number of nitrogens with two attached hydrogens (primary N) is 1. The molecule has 0 fully saturated rings. The molecule has 0 saturated heterocycles. The number of anilines is 1. The van der Waals surface area contributed by atoms with Crippen molar-refractivity contribution in [1.29, 1.82) is 0 Å². The highest BCUT2D eigenvalue weighted by Gasteiger charge is 2.06. The second kappa shape index (κ2) is 4.59. The second-order valence-corrected chi connectivity index (χ2v) is 2.86. The molecule has 0 aliphatic rings. The molecule has 1 aromatic carbocycles. The highest BCUT2D eigenvalue weighted by atomic mass is 16.4. The molecule has 0 saturated carbocycles. The molecular formula is C9H12N2O3. The van der Waals surface area contributed by atoms with Crippen LogP contribution in [-0.4, -0.2) is 16.2 Å². The number of hydrogen-bond acceptors (Lipinski definition) is 4. The first-order chi connectivity index (χ1) is 6.67. The first-order valence-electron chi connectivity index (χ1n) is 4.08. The molecule has 5 heteroatoms. The molecule has 0 atom stereocenters. The fourth-order valence-electron chi connectivity index (χ4n) is 1.20. The minimum absolute atomic E-state index is 0.120. The maximum Gasteiger partial charge on any atom is 0.307 e. The third kappa shape index (κ3) is 2.45. The zero-order valence-electron chi connectivity index (χ0n) is 7.53. The summed E-state index contributed by atoms with van der Waals surface area (Å²) in [5.41, 5.74) is 4.21. The molecule has 0 radical (unpaired) electrons. The van der Waals surface area contributed by atoms with Crippen molar-refractivity contribution in [2.45, 2.75) is 13.0 Å². The van der Waals surface area contributed by atoms with Gasteiger partial charge in [0.05, 0.1) is 13.0 Å². The third-order valence-corrected chi connectivity index (χ3v) is 1.88. The van der Waals surface area contributed by atoms with E-state index in [1.54, 1.807) is 18.2 Å². The van der Waals surface area contributed by atoms with Gasteiger partial charge in [0.15, 0.2) is 0 Å². The van der Waals surface area contributed by atoms with Gasteiger partial charge in [0.1, 0.15) is 0 Å². The third-order valence-electron chi connectivity index (χ3n) is 1.88. The van der Waals surface area contributed by atoms with Crippen LogP contribution >= 0.6 is 0 Å². The summed E-state index contributed by atoms with van der Waals surface area (Å²) in [5.74, 6) is 4.24. The average Bonchev–Trinajstić information content (AvgIpc) is 2.16. The van der Waals surface area contributed by atoms with Crippen LogP contribution in [0.5, 0.6) is 0 Å². The maximum atomic E-state index is 10.5. The summed E-state index contributed by atoms with van der Waals surface area (Å²) in [7, 11) is 0. The van der Waals surface area contributed by atoms with Crippen molar-refractivity contribution >= 4 is 11.7 Å². The number of nitrogens with one attached hydrogen (secondary N) is 1. The minimum atomic E-state index is -0.936. The van der Waals surface area contributed by atoms with Crippen LogP contribution in [0.15, 0.2) is 18.2 Å². The Balaban J connectivity index is 3.01. The van der Waals surface area contributed by atoms with E-state index < -0.39 is 5.97 Å². The number of nitrogen functional groups attached to an aromatic ring is 1. The number of aliphatic carboxylic acids is 1. The van der Waals surface area contributed by atoms with Crippen LogP contribution in [0.4, 0.5) is 5.69 Å². The minimum Gasteiger partial charge on any atom is -0.481 e. The van der Waals surface area contributed by atoms with Crippen molar-refractivity contribution in [3.63, 3.8) is 0 Å². The van der Waals surface area contributed by atoms with Crippen molar-refractivity contribution in [2.24, 2.45) is 5.84 Å². The van der Waals surface area contributed by atoms with E-state index >= 15 is 0 Å². The quantitative estimate of drug-likeness (QED) is 0.404. The summed E-state index contributed by atoms with van der Waals surface area (Å²) >= 11 is 0. The van der Waals surface area contributed by atoms with E-state index in [4.69, 9.17) is 16.1 Å². The van der Waals surface area contributed by atoms with E-state index in [0.717, 1.165) is 0 Å². The number of hydrazine groups is 1. The van der Waals surface area contributed by atoms with E-state index in [1.807, 2.05) is 0 Å². The van der Waals surface area contributed by atoms with E-state index in [-0.39, 0.29) is 13.0 Å². The van der Waals surface area contributed by atoms with Crippen molar-refractivity contribution < 1.29 is 15.0 Å². The lowest BCUT2D eigenvalue weighted by Gasteiger charge is -2.07. The smallest absolute Gasteiger partial charge is 0.307 e. The normalized spacial score (nSPS) is 9.86.